The number of aromatic nitrogens is 4. The van der Waals surface area contributed by atoms with Crippen molar-refractivity contribution in [1.29, 1.82) is 0 Å². The van der Waals surface area contributed by atoms with Crippen molar-refractivity contribution in [2.45, 2.75) is 46.2 Å². The van der Waals surface area contributed by atoms with E-state index in [0.717, 1.165) is 18.3 Å². The molecular weight excluding hydrogens is 202 g/mol. The lowest BCUT2D eigenvalue weighted by molar-refractivity contribution is 0.450. The smallest absolute Gasteiger partial charge is 0.168 e. The van der Waals surface area contributed by atoms with Gasteiger partial charge in [-0.05, 0) is 42.2 Å². The molecule has 1 aliphatic carbocycles. The molecule has 5 nitrogen and oxygen atoms in total. The molecule has 3 atom stereocenters. The van der Waals surface area contributed by atoms with Crippen molar-refractivity contribution < 1.29 is 0 Å². The second-order valence-corrected chi connectivity index (χ2v) is 5.29. The minimum atomic E-state index is 0.227. The predicted octanol–water partition coefficient (Wildman–Crippen LogP) is 1.56. The number of hydrogen-bond donors (Lipinski definition) is 1. The third-order valence-corrected chi connectivity index (χ3v) is 3.12. The van der Waals surface area contributed by atoms with Crippen molar-refractivity contribution in [2.24, 2.45) is 11.8 Å². The Labute approximate surface area is 96.6 Å². The molecule has 0 amide bonds. The Bertz CT molecular complexity index is 346. The summed E-state index contributed by atoms with van der Waals surface area (Å²) < 4.78 is 1.99. The SMILES string of the molecule is CC(C)CNC(C)c1nnnn1C1CC1C. The third-order valence-electron chi connectivity index (χ3n) is 3.12. The molecule has 5 heteroatoms. The van der Waals surface area contributed by atoms with Gasteiger partial charge in [-0.25, -0.2) is 4.68 Å². The summed E-state index contributed by atoms with van der Waals surface area (Å²) in [4.78, 5) is 0. The van der Waals surface area contributed by atoms with E-state index in [1.165, 1.54) is 6.42 Å². The Morgan fingerprint density at radius 1 is 1.44 bits per heavy atom. The minimum Gasteiger partial charge on any atom is -0.307 e. The normalized spacial score (nSPS) is 26.1. The van der Waals surface area contributed by atoms with Crippen molar-refractivity contribution >= 4 is 0 Å². The molecule has 0 radical (unpaired) electrons. The molecule has 3 unspecified atom stereocenters. The summed E-state index contributed by atoms with van der Waals surface area (Å²) in [7, 11) is 0. The molecule has 0 aliphatic heterocycles. The zero-order valence-corrected chi connectivity index (χ0v) is 10.5. The zero-order valence-electron chi connectivity index (χ0n) is 10.5. The van der Waals surface area contributed by atoms with Crippen LogP contribution in [0.25, 0.3) is 0 Å². The first-order valence-corrected chi connectivity index (χ1v) is 6.10. The van der Waals surface area contributed by atoms with Gasteiger partial charge in [0.25, 0.3) is 0 Å². The van der Waals surface area contributed by atoms with Gasteiger partial charge in [0, 0.05) is 0 Å². The van der Waals surface area contributed by atoms with Gasteiger partial charge in [0.2, 0.25) is 0 Å². The average Bonchev–Trinajstić information content (AvgIpc) is 2.79. The molecule has 90 valence electrons. The molecule has 1 aliphatic rings. The molecule has 2 rings (SSSR count). The monoisotopic (exact) mass is 223 g/mol. The Kier molecular flexibility index (Phi) is 3.23. The molecule has 0 spiro atoms. The van der Waals surface area contributed by atoms with Crippen LogP contribution in [0.1, 0.15) is 52.0 Å². The molecule has 0 saturated heterocycles. The highest BCUT2D eigenvalue weighted by molar-refractivity contribution is 4.98. The molecule has 1 aromatic heterocycles. The van der Waals surface area contributed by atoms with E-state index in [0.29, 0.717) is 12.0 Å². The predicted molar refractivity (Wildman–Crippen MR) is 61.9 cm³/mol. The first-order valence-electron chi connectivity index (χ1n) is 6.10. The quantitative estimate of drug-likeness (QED) is 0.823. The largest absolute Gasteiger partial charge is 0.307 e. The van der Waals surface area contributed by atoms with Crippen LogP contribution >= 0.6 is 0 Å². The van der Waals surface area contributed by atoms with Gasteiger partial charge < -0.3 is 5.32 Å². The van der Waals surface area contributed by atoms with E-state index in [9.17, 15) is 0 Å². The molecule has 0 aromatic carbocycles. The molecule has 1 aromatic rings. The van der Waals surface area contributed by atoms with Crippen molar-refractivity contribution in [2.75, 3.05) is 6.54 Å². The van der Waals surface area contributed by atoms with Gasteiger partial charge in [-0.15, -0.1) is 5.10 Å². The Morgan fingerprint density at radius 2 is 2.12 bits per heavy atom. The van der Waals surface area contributed by atoms with Gasteiger partial charge in [0.1, 0.15) is 0 Å². The van der Waals surface area contributed by atoms with Crippen LogP contribution in [0, 0.1) is 11.8 Å². The first-order chi connectivity index (χ1) is 7.59. The summed E-state index contributed by atoms with van der Waals surface area (Å²) >= 11 is 0. The number of nitrogens with one attached hydrogen (secondary N) is 1. The second-order valence-electron chi connectivity index (χ2n) is 5.29. The van der Waals surface area contributed by atoms with Gasteiger partial charge in [0.05, 0.1) is 12.1 Å². The molecule has 1 heterocycles. The average molecular weight is 223 g/mol. The Balaban J connectivity index is 2.00. The highest BCUT2D eigenvalue weighted by Gasteiger charge is 2.37. The Morgan fingerprint density at radius 3 is 2.69 bits per heavy atom. The number of nitrogens with zero attached hydrogens (tertiary/aromatic N) is 4. The third kappa shape index (κ3) is 2.40. The van der Waals surface area contributed by atoms with Gasteiger partial charge in [-0.1, -0.05) is 20.8 Å². The van der Waals surface area contributed by atoms with Crippen molar-refractivity contribution in [3.05, 3.63) is 5.82 Å². The minimum absolute atomic E-state index is 0.227. The Hall–Kier alpha value is -0.970. The molecule has 1 saturated carbocycles. The van der Waals surface area contributed by atoms with Crippen molar-refractivity contribution in [1.82, 2.24) is 25.5 Å². The highest BCUT2D eigenvalue weighted by Crippen LogP contribution is 2.42. The fourth-order valence-corrected chi connectivity index (χ4v) is 1.87. The maximum absolute atomic E-state index is 4.13. The van der Waals surface area contributed by atoms with E-state index >= 15 is 0 Å². The van der Waals surface area contributed by atoms with Crippen molar-refractivity contribution in [3.63, 3.8) is 0 Å². The fraction of sp³-hybridized carbons (Fsp3) is 0.909. The van der Waals surface area contributed by atoms with E-state index in [-0.39, 0.29) is 6.04 Å². The molecule has 1 fully saturated rings. The van der Waals surface area contributed by atoms with Crippen LogP contribution < -0.4 is 5.32 Å². The molecular formula is C11H21N5. The summed E-state index contributed by atoms with van der Waals surface area (Å²) in [6.07, 6.45) is 1.20. The van der Waals surface area contributed by atoms with Crippen LogP contribution in [0.4, 0.5) is 0 Å². The fourth-order valence-electron chi connectivity index (χ4n) is 1.87. The van der Waals surface area contributed by atoms with Crippen LogP contribution in [0.5, 0.6) is 0 Å². The molecule has 1 N–H and O–H groups in total. The highest BCUT2D eigenvalue weighted by atomic mass is 15.6. The van der Waals surface area contributed by atoms with Crippen LogP contribution in [0.3, 0.4) is 0 Å². The number of rotatable bonds is 5. The van der Waals surface area contributed by atoms with E-state index in [2.05, 4.69) is 48.5 Å². The number of hydrogen-bond acceptors (Lipinski definition) is 4. The lowest BCUT2D eigenvalue weighted by Crippen LogP contribution is -2.26. The van der Waals surface area contributed by atoms with Gasteiger partial charge >= 0.3 is 0 Å². The summed E-state index contributed by atoms with van der Waals surface area (Å²) in [6.45, 7) is 9.76. The summed E-state index contributed by atoms with van der Waals surface area (Å²) in [6, 6.07) is 0.749. The molecule has 16 heavy (non-hydrogen) atoms. The second kappa shape index (κ2) is 4.49. The first kappa shape index (κ1) is 11.5. The van der Waals surface area contributed by atoms with E-state index in [4.69, 9.17) is 0 Å². The lowest BCUT2D eigenvalue weighted by atomic mass is 10.2. The van der Waals surface area contributed by atoms with Crippen LogP contribution in [-0.4, -0.2) is 26.8 Å². The van der Waals surface area contributed by atoms with Crippen molar-refractivity contribution in [3.8, 4) is 0 Å². The van der Waals surface area contributed by atoms with Gasteiger partial charge in [-0.2, -0.15) is 0 Å². The summed E-state index contributed by atoms with van der Waals surface area (Å²) in [5, 5.41) is 15.5. The van der Waals surface area contributed by atoms with Gasteiger partial charge in [-0.3, -0.25) is 0 Å². The summed E-state index contributed by atoms with van der Waals surface area (Å²) in [5.74, 6) is 2.33. The lowest BCUT2D eigenvalue weighted by Gasteiger charge is -2.14. The van der Waals surface area contributed by atoms with E-state index in [1.54, 1.807) is 0 Å². The topological polar surface area (TPSA) is 55.6 Å². The summed E-state index contributed by atoms with van der Waals surface area (Å²) in [5.41, 5.74) is 0. The van der Waals surface area contributed by atoms with E-state index in [1.807, 2.05) is 4.68 Å². The van der Waals surface area contributed by atoms with Gasteiger partial charge in [0.15, 0.2) is 5.82 Å². The maximum Gasteiger partial charge on any atom is 0.168 e. The standard InChI is InChI=1S/C11H21N5/c1-7(2)6-12-9(4)11-13-14-15-16(11)10-5-8(10)3/h7-10,12H,5-6H2,1-4H3. The van der Waals surface area contributed by atoms with Crippen LogP contribution in [0.15, 0.2) is 0 Å². The van der Waals surface area contributed by atoms with Crippen LogP contribution in [-0.2, 0) is 0 Å². The molecule has 0 bridgehead atoms. The maximum atomic E-state index is 4.13. The number of tetrazole rings is 1. The zero-order chi connectivity index (χ0) is 11.7. The van der Waals surface area contributed by atoms with E-state index < -0.39 is 0 Å². The van der Waals surface area contributed by atoms with Crippen LogP contribution in [0.2, 0.25) is 0 Å².